The lowest BCUT2D eigenvalue weighted by Crippen LogP contribution is -2.31. The Morgan fingerprint density at radius 3 is 2.59 bits per heavy atom. The first-order chi connectivity index (χ1) is 14.9. The highest BCUT2D eigenvalue weighted by Gasteiger charge is 2.34. The molecule has 0 saturated heterocycles. The van der Waals surface area contributed by atoms with Gasteiger partial charge in [0.25, 0.3) is 11.8 Å². The van der Waals surface area contributed by atoms with Gasteiger partial charge in [-0.05, 0) is 37.5 Å². The number of hydrogen-bond acceptors (Lipinski definition) is 4. The van der Waals surface area contributed by atoms with Crippen LogP contribution in [0.2, 0.25) is 0 Å². The van der Waals surface area contributed by atoms with Crippen molar-refractivity contribution in [2.75, 3.05) is 0 Å². The van der Waals surface area contributed by atoms with Gasteiger partial charge in [-0.1, -0.05) is 0 Å². The van der Waals surface area contributed by atoms with E-state index in [9.17, 15) is 26.7 Å². The van der Waals surface area contributed by atoms with Crippen molar-refractivity contribution >= 4 is 5.91 Å². The van der Waals surface area contributed by atoms with Gasteiger partial charge < -0.3 is 5.32 Å². The molecule has 0 aromatic carbocycles. The van der Waals surface area contributed by atoms with E-state index in [-0.39, 0.29) is 11.4 Å². The Labute approximate surface area is 179 Å². The van der Waals surface area contributed by atoms with E-state index in [1.165, 1.54) is 17.8 Å². The number of nitrogens with one attached hydrogen (secondary N) is 1. The lowest BCUT2D eigenvalue weighted by molar-refractivity contribution is -0.141. The molecule has 170 valence electrons. The van der Waals surface area contributed by atoms with Crippen molar-refractivity contribution in [2.45, 2.75) is 44.3 Å². The number of pyridine rings is 1. The second-order valence-corrected chi connectivity index (χ2v) is 7.72. The maximum absolute atomic E-state index is 13.6. The van der Waals surface area contributed by atoms with E-state index in [0.717, 1.165) is 29.9 Å². The summed E-state index contributed by atoms with van der Waals surface area (Å²) in [6.07, 6.45) is -0.102. The number of halogens is 5. The van der Waals surface area contributed by atoms with Gasteiger partial charge in [0.15, 0.2) is 5.69 Å². The molecular weight excluding hydrogens is 435 g/mol. The van der Waals surface area contributed by atoms with Crippen LogP contribution in [0.5, 0.6) is 0 Å². The average molecular weight is 454 g/mol. The van der Waals surface area contributed by atoms with Gasteiger partial charge in [-0.2, -0.15) is 32.1 Å². The van der Waals surface area contributed by atoms with E-state index in [2.05, 4.69) is 20.5 Å². The number of aryl methyl sites for hydroxylation is 2. The molecule has 0 bridgehead atoms. The number of fused-ring (bicyclic) bond motifs is 1. The third-order valence-corrected chi connectivity index (χ3v) is 5.27. The average Bonchev–Trinajstić information content (AvgIpc) is 3.31. The first-order valence-electron chi connectivity index (χ1n) is 9.79. The lowest BCUT2D eigenvalue weighted by Gasteiger charge is -2.22. The Morgan fingerprint density at radius 1 is 1.19 bits per heavy atom. The van der Waals surface area contributed by atoms with Crippen LogP contribution in [0.3, 0.4) is 0 Å². The summed E-state index contributed by atoms with van der Waals surface area (Å²) in [6, 6.07) is 2.86. The van der Waals surface area contributed by atoms with Gasteiger partial charge in [0.2, 0.25) is 0 Å². The highest BCUT2D eigenvalue weighted by atomic mass is 19.4. The normalized spacial score (nSPS) is 16.7. The van der Waals surface area contributed by atoms with Crippen molar-refractivity contribution in [1.29, 1.82) is 0 Å². The fourth-order valence-corrected chi connectivity index (χ4v) is 3.76. The molecule has 0 saturated carbocycles. The maximum atomic E-state index is 13.6. The summed E-state index contributed by atoms with van der Waals surface area (Å²) in [5.41, 5.74) is -0.0792. The molecule has 0 spiro atoms. The number of carbonyl (C=O) groups excluding carboxylic acids is 1. The summed E-state index contributed by atoms with van der Waals surface area (Å²) < 4.78 is 68.5. The molecule has 1 amide bonds. The first kappa shape index (κ1) is 21.9. The molecule has 0 unspecified atom stereocenters. The van der Waals surface area contributed by atoms with E-state index >= 15 is 0 Å². The second kappa shape index (κ2) is 7.68. The minimum atomic E-state index is -4.59. The number of carbonyl (C=O) groups is 1. The molecule has 32 heavy (non-hydrogen) atoms. The fraction of sp³-hybridized carbons (Fsp3) is 0.400. The molecule has 1 atom stereocenters. The number of alkyl halides is 5. The zero-order chi connectivity index (χ0) is 23.3. The molecule has 12 heteroatoms. The predicted octanol–water partition coefficient (Wildman–Crippen LogP) is 3.94. The van der Waals surface area contributed by atoms with Crippen LogP contribution in [0, 0.1) is 0 Å². The van der Waals surface area contributed by atoms with Gasteiger partial charge in [0.05, 0.1) is 17.4 Å². The minimum Gasteiger partial charge on any atom is -0.344 e. The summed E-state index contributed by atoms with van der Waals surface area (Å²) in [6.45, 7) is 0.719. The van der Waals surface area contributed by atoms with Crippen LogP contribution < -0.4 is 5.32 Å². The van der Waals surface area contributed by atoms with Crippen molar-refractivity contribution < 1.29 is 26.7 Å². The monoisotopic (exact) mass is 454 g/mol. The Kier molecular flexibility index (Phi) is 5.25. The summed E-state index contributed by atoms with van der Waals surface area (Å²) >= 11 is 0. The summed E-state index contributed by atoms with van der Waals surface area (Å²) in [5, 5.41) is 11.0. The zero-order valence-electron chi connectivity index (χ0n) is 17.1. The highest BCUT2D eigenvalue weighted by Crippen LogP contribution is 2.32. The van der Waals surface area contributed by atoms with Gasteiger partial charge in [-0.15, -0.1) is 0 Å². The number of aromatic nitrogens is 5. The second-order valence-electron chi connectivity index (χ2n) is 7.72. The van der Waals surface area contributed by atoms with Crippen molar-refractivity contribution in [3.05, 3.63) is 58.9 Å². The van der Waals surface area contributed by atoms with E-state index in [1.807, 2.05) is 0 Å². The van der Waals surface area contributed by atoms with Gasteiger partial charge in [0, 0.05) is 31.9 Å². The van der Waals surface area contributed by atoms with Crippen molar-refractivity contribution in [1.82, 2.24) is 29.9 Å². The van der Waals surface area contributed by atoms with Crippen LogP contribution >= 0.6 is 0 Å². The van der Waals surface area contributed by atoms with Gasteiger partial charge in [-0.25, -0.2) is 4.68 Å². The number of amides is 1. The van der Waals surface area contributed by atoms with Crippen LogP contribution in [-0.2, 0) is 25.6 Å². The molecule has 1 aliphatic carbocycles. The van der Waals surface area contributed by atoms with Crippen molar-refractivity contribution in [2.24, 2.45) is 7.05 Å². The Hall–Kier alpha value is -3.31. The van der Waals surface area contributed by atoms with E-state index in [4.69, 9.17) is 0 Å². The Morgan fingerprint density at radius 2 is 1.94 bits per heavy atom. The predicted molar refractivity (Wildman–Crippen MR) is 102 cm³/mol. The third-order valence-electron chi connectivity index (χ3n) is 5.27. The summed E-state index contributed by atoms with van der Waals surface area (Å²) in [4.78, 5) is 16.0. The lowest BCUT2D eigenvalue weighted by atomic mass is 9.93. The van der Waals surface area contributed by atoms with E-state index in [1.54, 1.807) is 6.20 Å². The van der Waals surface area contributed by atoms with Gasteiger partial charge in [-0.3, -0.25) is 14.5 Å². The van der Waals surface area contributed by atoms with Gasteiger partial charge >= 0.3 is 6.18 Å². The summed E-state index contributed by atoms with van der Waals surface area (Å²) in [7, 11) is 1.33. The summed E-state index contributed by atoms with van der Waals surface area (Å²) in [5.74, 6) is -3.77. The smallest absolute Gasteiger partial charge is 0.344 e. The first-order valence-corrected chi connectivity index (χ1v) is 9.79. The molecule has 0 radical (unpaired) electrons. The Balaban J connectivity index is 1.59. The molecule has 0 fully saturated rings. The molecular formula is C20H19F5N6O. The highest BCUT2D eigenvalue weighted by molar-refractivity contribution is 5.92. The molecule has 1 N–H and O–H groups in total. The van der Waals surface area contributed by atoms with Crippen LogP contribution in [-0.4, -0.2) is 30.5 Å². The van der Waals surface area contributed by atoms with Crippen LogP contribution in [0.25, 0.3) is 5.69 Å². The molecule has 3 aromatic rings. The molecule has 3 heterocycles. The third kappa shape index (κ3) is 4.21. The maximum Gasteiger partial charge on any atom is 0.433 e. The molecule has 7 nitrogen and oxygen atoms in total. The van der Waals surface area contributed by atoms with Crippen LogP contribution in [0.1, 0.15) is 58.9 Å². The molecule has 1 aliphatic rings. The minimum absolute atomic E-state index is 0.146. The largest absolute Gasteiger partial charge is 0.433 e. The van der Waals surface area contributed by atoms with Crippen LogP contribution in [0.4, 0.5) is 22.0 Å². The van der Waals surface area contributed by atoms with E-state index < -0.39 is 35.4 Å². The number of nitrogens with zero attached hydrogens (tertiary/aromatic N) is 5. The molecule has 0 aliphatic heterocycles. The SMILES string of the molecule is Cn1nc(C(=O)N[C@H]2CCCc3nn(-c4ccnc(C(F)(F)F)c4)cc32)cc1C(C)(F)F. The topological polar surface area (TPSA) is 77.6 Å². The van der Waals surface area contributed by atoms with Gasteiger partial charge in [0.1, 0.15) is 11.4 Å². The van der Waals surface area contributed by atoms with Crippen LogP contribution in [0.15, 0.2) is 30.6 Å². The number of hydrogen-bond donors (Lipinski definition) is 1. The quantitative estimate of drug-likeness (QED) is 0.606. The standard InChI is InChI=1S/C20H19F5N6O/c1-19(21,22)17-9-15(28-30(17)2)18(32)27-13-4-3-5-14-12(13)10-31(29-14)11-6-7-26-16(8-11)20(23,24)25/h6-10,13H,3-5H2,1-2H3,(H,27,32)/t13-/m0/s1. The fourth-order valence-electron chi connectivity index (χ4n) is 3.76. The van der Waals surface area contributed by atoms with E-state index in [0.29, 0.717) is 30.5 Å². The Bertz CT molecular complexity index is 1160. The molecule has 3 aromatic heterocycles. The molecule has 4 rings (SSSR count). The van der Waals surface area contributed by atoms with Crippen molar-refractivity contribution in [3.63, 3.8) is 0 Å². The number of rotatable bonds is 4. The zero-order valence-corrected chi connectivity index (χ0v) is 17.1. The van der Waals surface area contributed by atoms with Crippen molar-refractivity contribution in [3.8, 4) is 5.69 Å².